The maximum atomic E-state index is 2.70. The average molecular weight is 286 g/mol. The van der Waals surface area contributed by atoms with Crippen LogP contribution in [0.15, 0.2) is 24.3 Å². The van der Waals surface area contributed by atoms with E-state index in [1.165, 1.54) is 56.6 Å². The first-order valence-corrected chi connectivity index (χ1v) is 8.58. The molecule has 2 aliphatic rings. The minimum Gasteiger partial charge on any atom is -0.300 e. The van der Waals surface area contributed by atoms with Gasteiger partial charge in [-0.3, -0.25) is 4.90 Å². The molecule has 0 N–H and O–H groups in total. The molecule has 1 atom stereocenters. The van der Waals surface area contributed by atoms with Gasteiger partial charge in [-0.1, -0.05) is 29.8 Å². The van der Waals surface area contributed by atoms with Crippen molar-refractivity contribution in [3.05, 3.63) is 35.4 Å². The molecular formula is C19H30N2. The number of likely N-dealkylation sites (tertiary alicyclic amines) is 2. The van der Waals surface area contributed by atoms with Gasteiger partial charge in [0.2, 0.25) is 0 Å². The number of aryl methyl sites for hydroxylation is 1. The Balaban J connectivity index is 1.64. The average Bonchev–Trinajstić information content (AvgIpc) is 2.83. The number of rotatable bonds is 3. The Bertz CT molecular complexity index is 482. The van der Waals surface area contributed by atoms with Crippen LogP contribution in [0.3, 0.4) is 0 Å². The molecule has 21 heavy (non-hydrogen) atoms. The van der Waals surface area contributed by atoms with Crippen molar-refractivity contribution >= 4 is 0 Å². The third-order valence-electron chi connectivity index (χ3n) is 5.43. The van der Waals surface area contributed by atoms with Crippen molar-refractivity contribution in [2.24, 2.45) is 5.41 Å². The van der Waals surface area contributed by atoms with Gasteiger partial charge in [0.15, 0.2) is 0 Å². The summed E-state index contributed by atoms with van der Waals surface area (Å²) in [6.45, 7) is 13.2. The number of benzene rings is 1. The summed E-state index contributed by atoms with van der Waals surface area (Å²) in [5.41, 5.74) is 3.43. The Kier molecular flexibility index (Phi) is 4.37. The van der Waals surface area contributed by atoms with Crippen molar-refractivity contribution in [3.8, 4) is 0 Å². The van der Waals surface area contributed by atoms with Crippen molar-refractivity contribution in [2.75, 3.05) is 26.2 Å². The van der Waals surface area contributed by atoms with E-state index in [1.807, 2.05) is 0 Å². The second kappa shape index (κ2) is 6.10. The lowest BCUT2D eigenvalue weighted by molar-refractivity contribution is 0.0837. The molecule has 2 saturated heterocycles. The fourth-order valence-corrected chi connectivity index (χ4v) is 4.26. The van der Waals surface area contributed by atoms with E-state index in [0.717, 1.165) is 6.54 Å². The molecule has 1 aromatic carbocycles. The van der Waals surface area contributed by atoms with Crippen molar-refractivity contribution in [3.63, 3.8) is 0 Å². The predicted molar refractivity (Wildman–Crippen MR) is 89.4 cm³/mol. The first-order valence-electron chi connectivity index (χ1n) is 8.58. The quantitative estimate of drug-likeness (QED) is 0.836. The Labute approximate surface area is 130 Å². The van der Waals surface area contributed by atoms with Crippen molar-refractivity contribution < 1.29 is 0 Å². The fraction of sp³-hybridized carbons (Fsp3) is 0.684. The Morgan fingerprint density at radius 3 is 2.71 bits per heavy atom. The molecule has 0 radical (unpaired) electrons. The minimum atomic E-state index is 0.576. The van der Waals surface area contributed by atoms with Crippen LogP contribution in [0.25, 0.3) is 0 Å². The van der Waals surface area contributed by atoms with Gasteiger partial charge in [0.05, 0.1) is 0 Å². The first-order chi connectivity index (χ1) is 10.1. The zero-order chi connectivity index (χ0) is 14.9. The molecule has 0 bridgehead atoms. The molecule has 0 amide bonds. The summed E-state index contributed by atoms with van der Waals surface area (Å²) in [5.74, 6) is 0. The van der Waals surface area contributed by atoms with Crippen LogP contribution < -0.4 is 0 Å². The molecule has 2 nitrogen and oxygen atoms in total. The molecule has 116 valence electrons. The highest BCUT2D eigenvalue weighted by Crippen LogP contribution is 2.39. The molecule has 2 aliphatic heterocycles. The van der Waals surface area contributed by atoms with Gasteiger partial charge in [-0.2, -0.15) is 0 Å². The smallest absolute Gasteiger partial charge is 0.0234 e. The molecular weight excluding hydrogens is 256 g/mol. The normalized spacial score (nSPS) is 27.8. The van der Waals surface area contributed by atoms with E-state index in [1.54, 1.807) is 0 Å². The third kappa shape index (κ3) is 3.49. The van der Waals surface area contributed by atoms with E-state index in [4.69, 9.17) is 0 Å². The van der Waals surface area contributed by atoms with Gasteiger partial charge in [0.1, 0.15) is 0 Å². The first kappa shape index (κ1) is 15.1. The maximum Gasteiger partial charge on any atom is 0.0234 e. The summed E-state index contributed by atoms with van der Waals surface area (Å²) in [5, 5.41) is 0. The van der Waals surface area contributed by atoms with E-state index >= 15 is 0 Å². The van der Waals surface area contributed by atoms with Gasteiger partial charge in [-0.25, -0.2) is 0 Å². The van der Waals surface area contributed by atoms with Gasteiger partial charge >= 0.3 is 0 Å². The summed E-state index contributed by atoms with van der Waals surface area (Å²) < 4.78 is 0. The molecule has 0 unspecified atom stereocenters. The molecule has 2 heteroatoms. The molecule has 2 fully saturated rings. The van der Waals surface area contributed by atoms with Gasteiger partial charge in [0, 0.05) is 25.7 Å². The Hall–Kier alpha value is -0.860. The summed E-state index contributed by atoms with van der Waals surface area (Å²) in [4.78, 5) is 5.37. The van der Waals surface area contributed by atoms with Gasteiger partial charge < -0.3 is 4.90 Å². The van der Waals surface area contributed by atoms with Crippen molar-refractivity contribution in [1.82, 2.24) is 9.80 Å². The summed E-state index contributed by atoms with van der Waals surface area (Å²) >= 11 is 0. The Morgan fingerprint density at radius 1 is 1.14 bits per heavy atom. The lowest BCUT2D eigenvalue weighted by Gasteiger charge is -2.41. The van der Waals surface area contributed by atoms with Crippen LogP contribution in [-0.4, -0.2) is 42.0 Å². The number of hydrogen-bond donors (Lipinski definition) is 0. The SMILES string of the molecule is Cc1cccc(CN2CCC[C@@]3(CCN(C(C)C)C3)C2)c1. The minimum absolute atomic E-state index is 0.576. The highest BCUT2D eigenvalue weighted by Gasteiger charge is 2.41. The van der Waals surface area contributed by atoms with Gasteiger partial charge in [-0.15, -0.1) is 0 Å². The predicted octanol–water partition coefficient (Wildman–Crippen LogP) is 3.69. The molecule has 0 saturated carbocycles. The molecule has 0 aliphatic carbocycles. The van der Waals surface area contributed by atoms with Crippen molar-refractivity contribution in [1.29, 1.82) is 0 Å². The van der Waals surface area contributed by atoms with Crippen LogP contribution in [-0.2, 0) is 6.54 Å². The number of hydrogen-bond acceptors (Lipinski definition) is 2. The summed E-state index contributed by atoms with van der Waals surface area (Å²) in [6.07, 6.45) is 4.20. The van der Waals surface area contributed by atoms with E-state index < -0.39 is 0 Å². The lowest BCUT2D eigenvalue weighted by atomic mass is 9.79. The van der Waals surface area contributed by atoms with Crippen LogP contribution >= 0.6 is 0 Å². The molecule has 3 rings (SSSR count). The molecule has 1 spiro atoms. The number of nitrogens with zero attached hydrogens (tertiary/aromatic N) is 2. The van der Waals surface area contributed by atoms with Crippen molar-refractivity contribution in [2.45, 2.75) is 52.6 Å². The Morgan fingerprint density at radius 2 is 2.00 bits per heavy atom. The molecule has 0 aromatic heterocycles. The van der Waals surface area contributed by atoms with E-state index in [0.29, 0.717) is 11.5 Å². The van der Waals surface area contributed by atoms with E-state index in [2.05, 4.69) is 54.8 Å². The zero-order valence-corrected chi connectivity index (χ0v) is 13.9. The molecule has 2 heterocycles. The van der Waals surface area contributed by atoms with Crippen LogP contribution in [0.1, 0.15) is 44.2 Å². The zero-order valence-electron chi connectivity index (χ0n) is 13.9. The monoisotopic (exact) mass is 286 g/mol. The van der Waals surface area contributed by atoms with E-state index in [9.17, 15) is 0 Å². The third-order valence-corrected chi connectivity index (χ3v) is 5.43. The van der Waals surface area contributed by atoms with Crippen LogP contribution in [0.5, 0.6) is 0 Å². The van der Waals surface area contributed by atoms with Gasteiger partial charge in [0.25, 0.3) is 0 Å². The lowest BCUT2D eigenvalue weighted by Crippen LogP contribution is -2.45. The topological polar surface area (TPSA) is 6.48 Å². The standard InChI is InChI=1S/C19H30N2/c1-16(2)21-11-9-19(15-21)8-5-10-20(14-19)13-18-7-4-6-17(3)12-18/h4,6-7,12,16H,5,8-11,13-15H2,1-3H3/t19-/m1/s1. The fourth-order valence-electron chi connectivity index (χ4n) is 4.26. The summed E-state index contributed by atoms with van der Waals surface area (Å²) in [6, 6.07) is 9.72. The number of piperidine rings is 1. The van der Waals surface area contributed by atoms with Crippen LogP contribution in [0.4, 0.5) is 0 Å². The highest BCUT2D eigenvalue weighted by atomic mass is 15.2. The van der Waals surface area contributed by atoms with Crippen LogP contribution in [0, 0.1) is 12.3 Å². The second-order valence-corrected chi connectivity index (χ2v) is 7.62. The van der Waals surface area contributed by atoms with E-state index in [-0.39, 0.29) is 0 Å². The largest absolute Gasteiger partial charge is 0.300 e. The van der Waals surface area contributed by atoms with Gasteiger partial charge in [-0.05, 0) is 64.1 Å². The summed E-state index contributed by atoms with van der Waals surface area (Å²) in [7, 11) is 0. The highest BCUT2D eigenvalue weighted by molar-refractivity contribution is 5.22. The maximum absolute atomic E-state index is 2.70. The molecule has 1 aromatic rings. The second-order valence-electron chi connectivity index (χ2n) is 7.62. The van der Waals surface area contributed by atoms with Crippen LogP contribution in [0.2, 0.25) is 0 Å².